The van der Waals surface area contributed by atoms with Crippen molar-refractivity contribution in [3.63, 3.8) is 0 Å². The zero-order chi connectivity index (χ0) is 18.5. The quantitative estimate of drug-likeness (QED) is 0.519. The molecule has 4 rings (SSSR count). The largest absolute Gasteiger partial charge is 0.298 e. The Morgan fingerprint density at radius 2 is 1.85 bits per heavy atom. The molecule has 0 aliphatic heterocycles. The minimum Gasteiger partial charge on any atom is -0.298 e. The van der Waals surface area contributed by atoms with Gasteiger partial charge in [0, 0.05) is 34.4 Å². The van der Waals surface area contributed by atoms with Crippen molar-refractivity contribution >= 4 is 34.1 Å². The van der Waals surface area contributed by atoms with Crippen molar-refractivity contribution in [2.24, 2.45) is 0 Å². The Morgan fingerprint density at radius 1 is 1.00 bits per heavy atom. The average Bonchev–Trinajstić information content (AvgIpc) is 3.18. The van der Waals surface area contributed by atoms with Crippen molar-refractivity contribution < 1.29 is 4.79 Å². The predicted molar refractivity (Wildman–Crippen MR) is 108 cm³/mol. The third-order valence-corrected chi connectivity index (χ3v) is 5.44. The summed E-state index contributed by atoms with van der Waals surface area (Å²) in [5.41, 5.74) is 2.22. The highest BCUT2D eigenvalue weighted by Gasteiger charge is 2.15. The highest BCUT2D eigenvalue weighted by molar-refractivity contribution is 7.99. The Labute approximate surface area is 164 Å². The molecule has 0 saturated heterocycles. The van der Waals surface area contributed by atoms with Gasteiger partial charge in [-0.1, -0.05) is 30.0 Å². The first kappa shape index (κ1) is 17.4. The van der Waals surface area contributed by atoms with E-state index in [9.17, 15) is 4.79 Å². The summed E-state index contributed by atoms with van der Waals surface area (Å²) in [4.78, 5) is 26.7. The summed E-state index contributed by atoms with van der Waals surface area (Å²) in [6.45, 7) is 0. The SMILES string of the molecule is O=C(Nc1nc(-c2cccnc2)cs1)c1cccnc1Sc1ccccc1. The lowest BCUT2D eigenvalue weighted by Crippen LogP contribution is -2.13. The van der Waals surface area contributed by atoms with Gasteiger partial charge in [0.05, 0.1) is 11.3 Å². The van der Waals surface area contributed by atoms with Crippen molar-refractivity contribution in [3.05, 3.63) is 84.1 Å². The fourth-order valence-electron chi connectivity index (χ4n) is 2.39. The molecule has 5 nitrogen and oxygen atoms in total. The molecule has 3 aromatic heterocycles. The van der Waals surface area contributed by atoms with Crippen LogP contribution < -0.4 is 5.32 Å². The lowest BCUT2D eigenvalue weighted by molar-refractivity contribution is 0.102. The van der Waals surface area contributed by atoms with Gasteiger partial charge in [-0.2, -0.15) is 0 Å². The molecular formula is C20H14N4OS2. The Bertz CT molecular complexity index is 1050. The Morgan fingerprint density at radius 3 is 2.67 bits per heavy atom. The number of amides is 1. The average molecular weight is 390 g/mol. The topological polar surface area (TPSA) is 67.8 Å². The van der Waals surface area contributed by atoms with E-state index in [1.165, 1.54) is 23.1 Å². The van der Waals surface area contributed by atoms with Gasteiger partial charge in [-0.3, -0.25) is 15.1 Å². The molecule has 0 aliphatic rings. The molecular weight excluding hydrogens is 376 g/mol. The number of benzene rings is 1. The monoisotopic (exact) mass is 390 g/mol. The van der Waals surface area contributed by atoms with E-state index in [0.717, 1.165) is 16.2 Å². The molecule has 3 heterocycles. The van der Waals surface area contributed by atoms with Crippen LogP contribution in [-0.2, 0) is 0 Å². The number of carbonyl (C=O) groups is 1. The van der Waals surface area contributed by atoms with Crippen LogP contribution in [0.15, 0.2) is 88.5 Å². The van der Waals surface area contributed by atoms with E-state index in [-0.39, 0.29) is 5.91 Å². The molecule has 0 spiro atoms. The molecule has 27 heavy (non-hydrogen) atoms. The number of carbonyl (C=O) groups excluding carboxylic acids is 1. The number of thiazole rings is 1. The second-order valence-electron chi connectivity index (χ2n) is 5.50. The molecule has 0 fully saturated rings. The molecule has 1 aromatic carbocycles. The van der Waals surface area contributed by atoms with Gasteiger partial charge in [-0.25, -0.2) is 9.97 Å². The second-order valence-corrected chi connectivity index (χ2v) is 7.43. The fraction of sp³-hybridized carbons (Fsp3) is 0. The Kier molecular flexibility index (Phi) is 5.22. The van der Waals surface area contributed by atoms with Gasteiger partial charge < -0.3 is 0 Å². The Balaban J connectivity index is 1.53. The molecule has 0 aliphatic carbocycles. The Hall–Kier alpha value is -3.03. The zero-order valence-corrected chi connectivity index (χ0v) is 15.7. The third kappa shape index (κ3) is 4.21. The van der Waals surface area contributed by atoms with Crippen LogP contribution >= 0.6 is 23.1 Å². The first-order valence-electron chi connectivity index (χ1n) is 8.15. The van der Waals surface area contributed by atoms with Gasteiger partial charge in [0.1, 0.15) is 5.03 Å². The maximum atomic E-state index is 12.8. The molecule has 0 radical (unpaired) electrons. The van der Waals surface area contributed by atoms with Crippen LogP contribution in [-0.4, -0.2) is 20.9 Å². The lowest BCUT2D eigenvalue weighted by atomic mass is 10.2. The molecule has 0 bridgehead atoms. The van der Waals surface area contributed by atoms with Crippen LogP contribution in [0.1, 0.15) is 10.4 Å². The standard InChI is InChI=1S/C20H14N4OS2/c25-18(24-20-23-17(13-26-20)14-6-4-10-21-12-14)16-9-5-11-22-19(16)27-15-7-2-1-3-8-15/h1-13H,(H,23,24,25). The number of pyridine rings is 2. The van der Waals surface area contributed by atoms with Gasteiger partial charge in [-0.05, 0) is 36.4 Å². The third-order valence-electron chi connectivity index (χ3n) is 3.66. The predicted octanol–water partition coefficient (Wildman–Crippen LogP) is 5.00. The molecule has 4 aromatic rings. The molecule has 7 heteroatoms. The van der Waals surface area contributed by atoms with Gasteiger partial charge in [0.15, 0.2) is 5.13 Å². The van der Waals surface area contributed by atoms with Crippen molar-refractivity contribution in [2.75, 3.05) is 5.32 Å². The van der Waals surface area contributed by atoms with E-state index < -0.39 is 0 Å². The van der Waals surface area contributed by atoms with E-state index >= 15 is 0 Å². The molecule has 0 atom stereocenters. The highest BCUT2D eigenvalue weighted by Crippen LogP contribution is 2.29. The van der Waals surface area contributed by atoms with E-state index in [1.54, 1.807) is 30.7 Å². The maximum absolute atomic E-state index is 12.8. The lowest BCUT2D eigenvalue weighted by Gasteiger charge is -2.07. The van der Waals surface area contributed by atoms with Crippen molar-refractivity contribution in [3.8, 4) is 11.3 Å². The first-order chi connectivity index (χ1) is 13.3. The van der Waals surface area contributed by atoms with Crippen LogP contribution in [0, 0.1) is 0 Å². The summed E-state index contributed by atoms with van der Waals surface area (Å²) in [5.74, 6) is -0.228. The van der Waals surface area contributed by atoms with Crippen molar-refractivity contribution in [1.29, 1.82) is 0 Å². The van der Waals surface area contributed by atoms with Crippen LogP contribution in [0.3, 0.4) is 0 Å². The van der Waals surface area contributed by atoms with E-state index in [2.05, 4.69) is 20.3 Å². The zero-order valence-electron chi connectivity index (χ0n) is 14.1. The van der Waals surface area contributed by atoms with Gasteiger partial charge in [0.25, 0.3) is 5.91 Å². The summed E-state index contributed by atoms with van der Waals surface area (Å²) in [6, 6.07) is 17.2. The number of aromatic nitrogens is 3. The van der Waals surface area contributed by atoms with Gasteiger partial charge >= 0.3 is 0 Å². The normalized spacial score (nSPS) is 10.5. The summed E-state index contributed by atoms with van der Waals surface area (Å²) < 4.78 is 0. The maximum Gasteiger partial charge on any atom is 0.260 e. The van der Waals surface area contributed by atoms with E-state index in [1.807, 2.05) is 47.8 Å². The van der Waals surface area contributed by atoms with Crippen molar-refractivity contribution in [2.45, 2.75) is 9.92 Å². The van der Waals surface area contributed by atoms with Crippen LogP contribution in [0.5, 0.6) is 0 Å². The van der Waals surface area contributed by atoms with Gasteiger partial charge in [0.2, 0.25) is 0 Å². The molecule has 0 saturated carbocycles. The number of nitrogens with zero attached hydrogens (tertiary/aromatic N) is 3. The van der Waals surface area contributed by atoms with E-state index in [4.69, 9.17) is 0 Å². The molecule has 1 amide bonds. The minimum absolute atomic E-state index is 0.228. The van der Waals surface area contributed by atoms with Crippen LogP contribution in [0.2, 0.25) is 0 Å². The first-order valence-corrected chi connectivity index (χ1v) is 9.84. The van der Waals surface area contributed by atoms with E-state index in [0.29, 0.717) is 15.7 Å². The smallest absolute Gasteiger partial charge is 0.260 e. The van der Waals surface area contributed by atoms with Gasteiger partial charge in [-0.15, -0.1) is 11.3 Å². The fourth-order valence-corrected chi connectivity index (χ4v) is 4.00. The summed E-state index contributed by atoms with van der Waals surface area (Å²) in [5, 5.41) is 5.97. The highest BCUT2D eigenvalue weighted by atomic mass is 32.2. The number of hydrogen-bond donors (Lipinski definition) is 1. The number of hydrogen-bond acceptors (Lipinski definition) is 6. The second kappa shape index (κ2) is 8.11. The summed E-state index contributed by atoms with van der Waals surface area (Å²) in [7, 11) is 0. The molecule has 1 N–H and O–H groups in total. The van der Waals surface area contributed by atoms with Crippen LogP contribution in [0.4, 0.5) is 5.13 Å². The van der Waals surface area contributed by atoms with Crippen molar-refractivity contribution in [1.82, 2.24) is 15.0 Å². The number of rotatable bonds is 5. The minimum atomic E-state index is -0.228. The summed E-state index contributed by atoms with van der Waals surface area (Å²) >= 11 is 2.84. The number of nitrogens with one attached hydrogen (secondary N) is 1. The summed E-state index contributed by atoms with van der Waals surface area (Å²) in [6.07, 6.45) is 5.15. The molecule has 132 valence electrons. The molecule has 0 unspecified atom stereocenters. The number of anilines is 1. The van der Waals surface area contributed by atoms with Crippen LogP contribution in [0.25, 0.3) is 11.3 Å².